The lowest BCUT2D eigenvalue weighted by atomic mass is 10.1. The third kappa shape index (κ3) is 2.70. The molecule has 4 N–H and O–H groups in total. The number of aliphatic carboxylic acids is 1. The van der Waals surface area contributed by atoms with Crippen LogP contribution in [0.25, 0.3) is 0 Å². The van der Waals surface area contributed by atoms with Gasteiger partial charge in [-0.2, -0.15) is 0 Å². The summed E-state index contributed by atoms with van der Waals surface area (Å²) >= 11 is 0. The quantitative estimate of drug-likeness (QED) is 0.775. The summed E-state index contributed by atoms with van der Waals surface area (Å²) in [5, 5.41) is 12.3. The number of carboxylic acid groups (broad SMARTS) is 1. The van der Waals surface area contributed by atoms with E-state index in [2.05, 4.69) is 10.3 Å². The zero-order chi connectivity index (χ0) is 15.0. The number of amides is 1. The monoisotopic (exact) mass is 289 g/mol. The molecule has 0 radical (unpaired) electrons. The van der Waals surface area contributed by atoms with Crippen molar-refractivity contribution >= 4 is 17.7 Å². The van der Waals surface area contributed by atoms with Gasteiger partial charge in [0.25, 0.3) is 5.91 Å². The second-order valence-electron chi connectivity index (χ2n) is 5.90. The summed E-state index contributed by atoms with van der Waals surface area (Å²) in [5.74, 6) is -1.04. The number of aryl methyl sites for hydroxylation is 2. The van der Waals surface area contributed by atoms with Crippen LogP contribution in [0, 0.1) is 5.92 Å². The number of fused-ring (bicyclic) bond motifs is 1. The molecule has 3 rings (SSSR count). The van der Waals surface area contributed by atoms with E-state index in [0.29, 0.717) is 24.2 Å². The van der Waals surface area contributed by atoms with Crippen molar-refractivity contribution < 1.29 is 14.7 Å². The lowest BCUT2D eigenvalue weighted by Gasteiger charge is -2.16. The van der Waals surface area contributed by atoms with E-state index < -0.39 is 11.9 Å². The van der Waals surface area contributed by atoms with Gasteiger partial charge in [0.15, 0.2) is 0 Å². The smallest absolute Gasteiger partial charge is 0.306 e. The predicted molar refractivity (Wildman–Crippen MR) is 77.2 cm³/mol. The first kappa shape index (κ1) is 13.9. The lowest BCUT2D eigenvalue weighted by molar-refractivity contribution is -0.141. The van der Waals surface area contributed by atoms with Crippen LogP contribution in [0.1, 0.15) is 47.3 Å². The Hall–Kier alpha value is -2.11. The third-order valence-corrected chi connectivity index (χ3v) is 4.44. The average molecular weight is 289 g/mol. The van der Waals surface area contributed by atoms with Gasteiger partial charge >= 0.3 is 5.97 Å². The molecule has 0 spiro atoms. The minimum absolute atomic E-state index is 0.0381. The number of hydrogen-bond donors (Lipinski definition) is 3. The molecule has 1 saturated carbocycles. The Labute approximate surface area is 122 Å². The van der Waals surface area contributed by atoms with E-state index in [1.165, 1.54) is 0 Å². The standard InChI is InChI=1S/C15H19N3O3/c16-13(19)11-7-8-2-1-3-12(8)18-14(11)17-10-5-4-9(6-10)15(20)21/h7,9-10H,1-6H2,(H2,16,19)(H,17,18)(H,20,21). The SMILES string of the molecule is NC(=O)c1cc2c(nc1NC1CCC(C(=O)O)C1)CCC2. The summed E-state index contributed by atoms with van der Waals surface area (Å²) in [6.07, 6.45) is 4.90. The molecule has 112 valence electrons. The highest BCUT2D eigenvalue weighted by atomic mass is 16.4. The number of pyridine rings is 1. The normalized spacial score (nSPS) is 23.8. The molecule has 2 aliphatic carbocycles. The summed E-state index contributed by atoms with van der Waals surface area (Å²) < 4.78 is 0. The number of anilines is 1. The molecule has 0 aromatic carbocycles. The van der Waals surface area contributed by atoms with Gasteiger partial charge in [0.2, 0.25) is 0 Å². The first-order chi connectivity index (χ1) is 10.0. The number of aromatic nitrogens is 1. The van der Waals surface area contributed by atoms with E-state index in [1.807, 2.05) is 6.07 Å². The number of carbonyl (C=O) groups is 2. The Balaban J connectivity index is 1.82. The fourth-order valence-electron chi connectivity index (χ4n) is 3.30. The molecule has 6 nitrogen and oxygen atoms in total. The van der Waals surface area contributed by atoms with Crippen molar-refractivity contribution in [3.8, 4) is 0 Å². The van der Waals surface area contributed by atoms with Crippen LogP contribution in [0.5, 0.6) is 0 Å². The molecule has 1 amide bonds. The van der Waals surface area contributed by atoms with Crippen LogP contribution in [0.4, 0.5) is 5.82 Å². The summed E-state index contributed by atoms with van der Waals surface area (Å²) in [6, 6.07) is 1.88. The Morgan fingerprint density at radius 1 is 1.33 bits per heavy atom. The first-order valence-corrected chi connectivity index (χ1v) is 7.36. The fraction of sp³-hybridized carbons (Fsp3) is 0.533. The summed E-state index contributed by atoms with van der Waals surface area (Å²) in [4.78, 5) is 27.2. The molecule has 2 atom stereocenters. The van der Waals surface area contributed by atoms with Gasteiger partial charge in [0.1, 0.15) is 5.82 Å². The molecule has 21 heavy (non-hydrogen) atoms. The number of nitrogens with one attached hydrogen (secondary N) is 1. The first-order valence-electron chi connectivity index (χ1n) is 7.36. The molecule has 1 fully saturated rings. The fourth-order valence-corrected chi connectivity index (χ4v) is 3.30. The van der Waals surface area contributed by atoms with Crippen LogP contribution in [0.3, 0.4) is 0 Å². The van der Waals surface area contributed by atoms with Crippen molar-refractivity contribution in [3.63, 3.8) is 0 Å². The van der Waals surface area contributed by atoms with E-state index in [-0.39, 0.29) is 12.0 Å². The number of primary amides is 1. The minimum atomic E-state index is -0.753. The molecular formula is C15H19N3O3. The van der Waals surface area contributed by atoms with Crippen LogP contribution in [-0.4, -0.2) is 28.0 Å². The summed E-state index contributed by atoms with van der Waals surface area (Å²) in [6.45, 7) is 0. The van der Waals surface area contributed by atoms with Gasteiger partial charge in [-0.3, -0.25) is 9.59 Å². The molecule has 0 aliphatic heterocycles. The highest BCUT2D eigenvalue weighted by Crippen LogP contribution is 2.30. The number of carbonyl (C=O) groups excluding carboxylic acids is 1. The number of hydrogen-bond acceptors (Lipinski definition) is 4. The second kappa shape index (κ2) is 5.35. The molecular weight excluding hydrogens is 270 g/mol. The minimum Gasteiger partial charge on any atom is -0.481 e. The van der Waals surface area contributed by atoms with Crippen molar-refractivity contribution in [1.82, 2.24) is 4.98 Å². The topological polar surface area (TPSA) is 105 Å². The van der Waals surface area contributed by atoms with Gasteiger partial charge in [-0.25, -0.2) is 4.98 Å². The summed E-state index contributed by atoms with van der Waals surface area (Å²) in [7, 11) is 0. The predicted octanol–water partition coefficient (Wildman–Crippen LogP) is 1.33. The van der Waals surface area contributed by atoms with Crippen LogP contribution in [-0.2, 0) is 17.6 Å². The van der Waals surface area contributed by atoms with Gasteiger partial charge in [0.05, 0.1) is 11.5 Å². The zero-order valence-electron chi connectivity index (χ0n) is 11.8. The summed E-state index contributed by atoms with van der Waals surface area (Å²) in [5.41, 5.74) is 7.98. The van der Waals surface area contributed by atoms with Gasteiger partial charge in [-0.05, 0) is 50.2 Å². The zero-order valence-corrected chi connectivity index (χ0v) is 11.8. The molecule has 0 bridgehead atoms. The maximum atomic E-state index is 11.6. The van der Waals surface area contributed by atoms with Crippen molar-refractivity contribution in [3.05, 3.63) is 22.9 Å². The van der Waals surface area contributed by atoms with Gasteiger partial charge in [-0.15, -0.1) is 0 Å². The highest BCUT2D eigenvalue weighted by molar-refractivity contribution is 5.98. The van der Waals surface area contributed by atoms with Crippen LogP contribution >= 0.6 is 0 Å². The maximum absolute atomic E-state index is 11.6. The highest BCUT2D eigenvalue weighted by Gasteiger charge is 2.31. The maximum Gasteiger partial charge on any atom is 0.306 e. The van der Waals surface area contributed by atoms with E-state index in [9.17, 15) is 9.59 Å². The second-order valence-corrected chi connectivity index (χ2v) is 5.90. The molecule has 1 heterocycles. The number of carboxylic acids is 1. The number of nitrogens with zero attached hydrogens (tertiary/aromatic N) is 1. The Morgan fingerprint density at radius 2 is 2.14 bits per heavy atom. The van der Waals surface area contributed by atoms with Gasteiger partial charge in [-0.1, -0.05) is 0 Å². The number of nitrogens with two attached hydrogens (primary N) is 1. The van der Waals surface area contributed by atoms with E-state index >= 15 is 0 Å². The van der Waals surface area contributed by atoms with Gasteiger partial charge in [0, 0.05) is 11.7 Å². The van der Waals surface area contributed by atoms with E-state index in [4.69, 9.17) is 10.8 Å². The lowest BCUT2D eigenvalue weighted by Crippen LogP contribution is -2.23. The van der Waals surface area contributed by atoms with E-state index in [1.54, 1.807) is 0 Å². The molecule has 0 saturated heterocycles. The molecule has 1 aromatic heterocycles. The van der Waals surface area contributed by atoms with Crippen molar-refractivity contribution in [2.24, 2.45) is 11.7 Å². The number of rotatable bonds is 4. The molecule has 2 unspecified atom stereocenters. The average Bonchev–Trinajstić information content (AvgIpc) is 3.05. The Morgan fingerprint density at radius 3 is 2.81 bits per heavy atom. The van der Waals surface area contributed by atoms with Gasteiger partial charge < -0.3 is 16.2 Å². The van der Waals surface area contributed by atoms with Crippen LogP contribution in [0.15, 0.2) is 6.07 Å². The molecule has 1 aromatic rings. The molecule has 6 heteroatoms. The molecule has 2 aliphatic rings. The third-order valence-electron chi connectivity index (χ3n) is 4.44. The Kier molecular flexibility index (Phi) is 3.53. The largest absolute Gasteiger partial charge is 0.481 e. The van der Waals surface area contributed by atoms with Crippen LogP contribution < -0.4 is 11.1 Å². The van der Waals surface area contributed by atoms with Crippen molar-refractivity contribution in [2.45, 2.75) is 44.6 Å². The Bertz CT molecular complexity index is 600. The van der Waals surface area contributed by atoms with Crippen LogP contribution in [0.2, 0.25) is 0 Å². The van der Waals surface area contributed by atoms with Crippen molar-refractivity contribution in [2.75, 3.05) is 5.32 Å². The van der Waals surface area contributed by atoms with E-state index in [0.717, 1.165) is 36.9 Å². The van der Waals surface area contributed by atoms with Crippen molar-refractivity contribution in [1.29, 1.82) is 0 Å².